The fraction of sp³-hybridized carbons (Fsp3) is 0.227. The highest BCUT2D eigenvalue weighted by Gasteiger charge is 2.21. The predicted octanol–water partition coefficient (Wildman–Crippen LogP) is 5.37. The average molecular weight is 381 g/mol. The highest BCUT2D eigenvalue weighted by Crippen LogP contribution is 2.35. The average Bonchev–Trinajstić information content (AvgIpc) is 3.16. The minimum Gasteiger partial charge on any atom is -0.461 e. The van der Waals surface area contributed by atoms with Crippen molar-refractivity contribution in [1.29, 1.82) is 0 Å². The smallest absolute Gasteiger partial charge is 0.220 e. The second-order valence-electron chi connectivity index (χ2n) is 6.54. The molecule has 2 aromatic carbocycles. The van der Waals surface area contributed by atoms with Gasteiger partial charge in [-0.25, -0.2) is 4.39 Å². The quantitative estimate of drug-likeness (QED) is 0.646. The second-order valence-corrected chi connectivity index (χ2v) is 7.68. The standard InChI is InChI=1S/C22H20FNO2S/c23-18-7-3-1-5-16(18)20-11-9-15(26-20)10-12-22(25)24-19-13-14-27-21-8-4-2-6-17(19)21/h1-9,11,19H,10,12-14H2,(H,24,25). The van der Waals surface area contributed by atoms with Gasteiger partial charge in [0.25, 0.3) is 0 Å². The Balaban J connectivity index is 1.36. The first-order chi connectivity index (χ1) is 13.2. The third-order valence-corrected chi connectivity index (χ3v) is 5.82. The van der Waals surface area contributed by atoms with Crippen LogP contribution < -0.4 is 5.32 Å². The Morgan fingerprint density at radius 2 is 1.93 bits per heavy atom. The number of amides is 1. The Morgan fingerprint density at radius 3 is 2.81 bits per heavy atom. The number of hydrogen-bond acceptors (Lipinski definition) is 3. The molecule has 1 atom stereocenters. The molecule has 0 bridgehead atoms. The van der Waals surface area contributed by atoms with Crippen LogP contribution in [0.4, 0.5) is 4.39 Å². The van der Waals surface area contributed by atoms with E-state index < -0.39 is 0 Å². The van der Waals surface area contributed by atoms with Gasteiger partial charge in [0.2, 0.25) is 5.91 Å². The number of thioether (sulfide) groups is 1. The largest absolute Gasteiger partial charge is 0.461 e. The summed E-state index contributed by atoms with van der Waals surface area (Å²) in [5.74, 6) is 1.87. The van der Waals surface area contributed by atoms with Crippen LogP contribution in [-0.4, -0.2) is 11.7 Å². The molecular weight excluding hydrogens is 361 g/mol. The van der Waals surface area contributed by atoms with Gasteiger partial charge in [0.1, 0.15) is 17.3 Å². The number of hydrogen-bond donors (Lipinski definition) is 1. The number of aryl methyl sites for hydroxylation is 1. The molecular formula is C22H20FNO2S. The van der Waals surface area contributed by atoms with Crippen LogP contribution in [-0.2, 0) is 11.2 Å². The highest BCUT2D eigenvalue weighted by molar-refractivity contribution is 7.99. The van der Waals surface area contributed by atoms with Gasteiger partial charge in [-0.3, -0.25) is 4.79 Å². The molecule has 0 saturated carbocycles. The number of nitrogens with one attached hydrogen (secondary N) is 1. The molecule has 1 aliphatic rings. The third-order valence-electron chi connectivity index (χ3n) is 4.69. The Bertz CT molecular complexity index is 953. The summed E-state index contributed by atoms with van der Waals surface area (Å²) >= 11 is 1.83. The van der Waals surface area contributed by atoms with Gasteiger partial charge in [-0.1, -0.05) is 30.3 Å². The maximum absolute atomic E-state index is 13.9. The summed E-state index contributed by atoms with van der Waals surface area (Å²) in [5, 5.41) is 3.14. The van der Waals surface area contributed by atoms with Crippen LogP contribution in [0, 0.1) is 5.82 Å². The molecule has 0 aliphatic carbocycles. The summed E-state index contributed by atoms with van der Waals surface area (Å²) < 4.78 is 19.6. The zero-order valence-electron chi connectivity index (χ0n) is 14.8. The predicted molar refractivity (Wildman–Crippen MR) is 105 cm³/mol. The van der Waals surface area contributed by atoms with Gasteiger partial charge in [-0.05, 0) is 42.3 Å². The Hall–Kier alpha value is -2.53. The molecule has 0 spiro atoms. The molecule has 27 heavy (non-hydrogen) atoms. The Kier molecular flexibility index (Phi) is 5.30. The first-order valence-electron chi connectivity index (χ1n) is 9.05. The molecule has 1 aromatic heterocycles. The van der Waals surface area contributed by atoms with Crippen LogP contribution in [0.25, 0.3) is 11.3 Å². The van der Waals surface area contributed by atoms with Gasteiger partial charge in [0.05, 0.1) is 11.6 Å². The van der Waals surface area contributed by atoms with Crippen molar-refractivity contribution in [2.45, 2.75) is 30.2 Å². The fourth-order valence-electron chi connectivity index (χ4n) is 3.31. The molecule has 1 N–H and O–H groups in total. The zero-order valence-corrected chi connectivity index (χ0v) is 15.6. The number of furan rings is 1. The van der Waals surface area contributed by atoms with Crippen LogP contribution in [0.5, 0.6) is 0 Å². The number of rotatable bonds is 5. The lowest BCUT2D eigenvalue weighted by Crippen LogP contribution is -2.30. The van der Waals surface area contributed by atoms with Gasteiger partial charge in [-0.15, -0.1) is 11.8 Å². The maximum Gasteiger partial charge on any atom is 0.220 e. The molecule has 0 saturated heterocycles. The summed E-state index contributed by atoms with van der Waals surface area (Å²) in [6.45, 7) is 0. The van der Waals surface area contributed by atoms with E-state index in [1.54, 1.807) is 24.3 Å². The minimum absolute atomic E-state index is 0.00513. The van der Waals surface area contributed by atoms with E-state index >= 15 is 0 Å². The van der Waals surface area contributed by atoms with E-state index in [0.717, 1.165) is 12.2 Å². The second kappa shape index (κ2) is 8.01. The lowest BCUT2D eigenvalue weighted by Gasteiger charge is -2.25. The van der Waals surface area contributed by atoms with E-state index in [2.05, 4.69) is 17.4 Å². The van der Waals surface area contributed by atoms with E-state index in [1.807, 2.05) is 30.0 Å². The molecule has 138 valence electrons. The first-order valence-corrected chi connectivity index (χ1v) is 10.0. The van der Waals surface area contributed by atoms with Crippen molar-refractivity contribution < 1.29 is 13.6 Å². The fourth-order valence-corrected chi connectivity index (χ4v) is 4.44. The summed E-state index contributed by atoms with van der Waals surface area (Å²) in [7, 11) is 0. The number of halogens is 1. The number of carbonyl (C=O) groups excluding carboxylic acids is 1. The van der Waals surface area contributed by atoms with Crippen LogP contribution in [0.3, 0.4) is 0 Å². The molecule has 0 radical (unpaired) electrons. The maximum atomic E-state index is 13.9. The number of carbonyl (C=O) groups is 1. The monoisotopic (exact) mass is 381 g/mol. The first kappa shape index (κ1) is 17.9. The Labute approximate surface area is 162 Å². The summed E-state index contributed by atoms with van der Waals surface area (Å²) in [4.78, 5) is 13.7. The SMILES string of the molecule is O=C(CCc1ccc(-c2ccccc2F)o1)NC1CCSc2ccccc21. The lowest BCUT2D eigenvalue weighted by molar-refractivity contribution is -0.121. The lowest BCUT2D eigenvalue weighted by atomic mass is 10.0. The topological polar surface area (TPSA) is 42.2 Å². The highest BCUT2D eigenvalue weighted by atomic mass is 32.2. The van der Waals surface area contributed by atoms with E-state index in [1.165, 1.54) is 16.5 Å². The van der Waals surface area contributed by atoms with E-state index in [-0.39, 0.29) is 17.8 Å². The van der Waals surface area contributed by atoms with Crippen molar-refractivity contribution in [2.24, 2.45) is 0 Å². The molecule has 1 amide bonds. The molecule has 0 fully saturated rings. The van der Waals surface area contributed by atoms with Crippen molar-refractivity contribution in [3.63, 3.8) is 0 Å². The van der Waals surface area contributed by atoms with E-state index in [0.29, 0.717) is 29.9 Å². The Morgan fingerprint density at radius 1 is 1.11 bits per heavy atom. The zero-order chi connectivity index (χ0) is 18.6. The van der Waals surface area contributed by atoms with E-state index in [4.69, 9.17) is 4.42 Å². The number of fused-ring (bicyclic) bond motifs is 1. The summed E-state index contributed by atoms with van der Waals surface area (Å²) in [5.41, 5.74) is 1.63. The van der Waals surface area contributed by atoms with Crippen LogP contribution in [0.1, 0.15) is 30.2 Å². The van der Waals surface area contributed by atoms with Crippen molar-refractivity contribution in [1.82, 2.24) is 5.32 Å². The minimum atomic E-state index is -0.315. The van der Waals surface area contributed by atoms with Gasteiger partial charge >= 0.3 is 0 Å². The number of benzene rings is 2. The van der Waals surface area contributed by atoms with Gasteiger partial charge in [-0.2, -0.15) is 0 Å². The molecule has 2 heterocycles. The molecule has 1 aliphatic heterocycles. The summed E-state index contributed by atoms with van der Waals surface area (Å²) in [6.07, 6.45) is 1.77. The van der Waals surface area contributed by atoms with Gasteiger partial charge in [0.15, 0.2) is 0 Å². The van der Waals surface area contributed by atoms with Gasteiger partial charge < -0.3 is 9.73 Å². The van der Waals surface area contributed by atoms with Crippen LogP contribution in [0.2, 0.25) is 0 Å². The molecule has 4 rings (SSSR count). The normalized spacial score (nSPS) is 16.0. The third kappa shape index (κ3) is 4.08. The van der Waals surface area contributed by atoms with Crippen LogP contribution in [0.15, 0.2) is 70.0 Å². The molecule has 1 unspecified atom stereocenters. The molecule has 5 heteroatoms. The van der Waals surface area contributed by atoms with Crippen molar-refractivity contribution >= 4 is 17.7 Å². The van der Waals surface area contributed by atoms with Gasteiger partial charge in [0, 0.05) is 23.5 Å². The van der Waals surface area contributed by atoms with Crippen LogP contribution >= 0.6 is 11.8 Å². The molecule has 3 aromatic rings. The van der Waals surface area contributed by atoms with E-state index in [9.17, 15) is 9.18 Å². The van der Waals surface area contributed by atoms with Crippen molar-refractivity contribution in [3.8, 4) is 11.3 Å². The molecule has 3 nitrogen and oxygen atoms in total. The van der Waals surface area contributed by atoms with Crippen molar-refractivity contribution in [3.05, 3.63) is 77.8 Å². The van der Waals surface area contributed by atoms with Crippen molar-refractivity contribution in [2.75, 3.05) is 5.75 Å². The summed E-state index contributed by atoms with van der Waals surface area (Å²) in [6, 6.07) is 18.4.